The highest BCUT2D eigenvalue weighted by Gasteiger charge is 2.24. The number of aryl methyl sites for hydroxylation is 1. The van der Waals surface area contributed by atoms with E-state index in [9.17, 15) is 17.6 Å². The zero-order chi connectivity index (χ0) is 24.4. The average Bonchev–Trinajstić information content (AvgIpc) is 2.99. The molecule has 9 heteroatoms. The zero-order valence-corrected chi connectivity index (χ0v) is 20.3. The van der Waals surface area contributed by atoms with Gasteiger partial charge in [0.25, 0.3) is 0 Å². The number of sulfonamides is 1. The Balaban J connectivity index is 1.74. The van der Waals surface area contributed by atoms with Crippen molar-refractivity contribution in [2.24, 2.45) is 0 Å². The highest BCUT2D eigenvalue weighted by molar-refractivity contribution is 7.89. The standard InChI is InChI=1S/C24H29FN4O3S/c1-16-21(17(2)29(27-16)20-12-10-19(25)11-13-20)14-23(30)26-15-18-8-6-7-9-22(18)33(31,32)28-24(3,4)5/h6-13,28H,14-15H2,1-5H3,(H,26,30). The summed E-state index contributed by atoms with van der Waals surface area (Å²) in [6.07, 6.45) is 0.0913. The number of benzene rings is 2. The third-order valence-corrected chi connectivity index (χ3v) is 6.89. The SMILES string of the molecule is Cc1nn(-c2ccc(F)cc2)c(C)c1CC(=O)NCc1ccccc1S(=O)(=O)NC(C)(C)C. The summed E-state index contributed by atoms with van der Waals surface area (Å²) in [6, 6.07) is 12.6. The van der Waals surface area contributed by atoms with Crippen molar-refractivity contribution in [3.05, 3.63) is 76.9 Å². The van der Waals surface area contributed by atoms with Crippen LogP contribution in [0.3, 0.4) is 0 Å². The first-order valence-corrected chi connectivity index (χ1v) is 12.1. The van der Waals surface area contributed by atoms with Gasteiger partial charge in [0.15, 0.2) is 0 Å². The molecular weight excluding hydrogens is 443 g/mol. The molecule has 1 aromatic heterocycles. The van der Waals surface area contributed by atoms with Gasteiger partial charge in [-0.25, -0.2) is 22.2 Å². The summed E-state index contributed by atoms with van der Waals surface area (Å²) >= 11 is 0. The van der Waals surface area contributed by atoms with E-state index in [0.29, 0.717) is 16.9 Å². The molecule has 0 bridgehead atoms. The molecule has 0 spiro atoms. The van der Waals surface area contributed by atoms with Crippen LogP contribution in [0.5, 0.6) is 0 Å². The predicted octanol–water partition coefficient (Wildman–Crippen LogP) is 3.56. The highest BCUT2D eigenvalue weighted by atomic mass is 32.2. The van der Waals surface area contributed by atoms with E-state index in [0.717, 1.165) is 11.3 Å². The van der Waals surface area contributed by atoms with Gasteiger partial charge in [-0.2, -0.15) is 5.10 Å². The van der Waals surface area contributed by atoms with Crippen molar-refractivity contribution >= 4 is 15.9 Å². The van der Waals surface area contributed by atoms with Crippen LogP contribution in [0.1, 0.15) is 43.3 Å². The summed E-state index contributed by atoms with van der Waals surface area (Å²) in [5.74, 6) is -0.587. The smallest absolute Gasteiger partial charge is 0.241 e. The Kier molecular flexibility index (Phi) is 7.04. The molecule has 3 rings (SSSR count). The van der Waals surface area contributed by atoms with Crippen molar-refractivity contribution in [1.29, 1.82) is 0 Å². The maximum absolute atomic E-state index is 13.2. The van der Waals surface area contributed by atoms with Gasteiger partial charge in [0.2, 0.25) is 15.9 Å². The van der Waals surface area contributed by atoms with Gasteiger partial charge >= 0.3 is 0 Å². The van der Waals surface area contributed by atoms with Gasteiger partial charge in [-0.05, 0) is 70.5 Å². The Morgan fingerprint density at radius 2 is 1.70 bits per heavy atom. The summed E-state index contributed by atoms with van der Waals surface area (Å²) in [6.45, 7) is 9.05. The number of hydrogen-bond donors (Lipinski definition) is 2. The van der Waals surface area contributed by atoms with Crippen LogP contribution in [-0.4, -0.2) is 29.6 Å². The predicted molar refractivity (Wildman–Crippen MR) is 125 cm³/mol. The van der Waals surface area contributed by atoms with Crippen LogP contribution in [0.25, 0.3) is 5.69 Å². The lowest BCUT2D eigenvalue weighted by atomic mass is 10.1. The van der Waals surface area contributed by atoms with Crippen LogP contribution in [-0.2, 0) is 27.8 Å². The minimum absolute atomic E-state index is 0.0737. The Morgan fingerprint density at radius 1 is 1.06 bits per heavy atom. The maximum atomic E-state index is 13.2. The monoisotopic (exact) mass is 472 g/mol. The molecule has 2 aromatic carbocycles. The topological polar surface area (TPSA) is 93.1 Å². The summed E-state index contributed by atoms with van der Waals surface area (Å²) in [7, 11) is -3.74. The maximum Gasteiger partial charge on any atom is 0.241 e. The molecule has 7 nitrogen and oxygen atoms in total. The Labute approximate surface area is 194 Å². The third kappa shape index (κ3) is 6.06. The van der Waals surface area contributed by atoms with E-state index >= 15 is 0 Å². The Morgan fingerprint density at radius 3 is 2.33 bits per heavy atom. The second-order valence-corrected chi connectivity index (χ2v) is 10.6. The molecule has 0 atom stereocenters. The second-order valence-electron chi connectivity index (χ2n) is 8.95. The molecule has 0 fully saturated rings. The minimum Gasteiger partial charge on any atom is -0.352 e. The molecule has 3 aromatic rings. The quantitative estimate of drug-likeness (QED) is 0.550. The first-order chi connectivity index (χ1) is 15.4. The first-order valence-electron chi connectivity index (χ1n) is 10.6. The molecule has 0 saturated heterocycles. The van der Waals surface area contributed by atoms with Crippen molar-refractivity contribution in [3.63, 3.8) is 0 Å². The van der Waals surface area contributed by atoms with Crippen LogP contribution in [0.4, 0.5) is 4.39 Å². The number of nitrogens with zero attached hydrogens (tertiary/aromatic N) is 2. The fourth-order valence-corrected chi connectivity index (χ4v) is 5.21. The molecule has 2 N–H and O–H groups in total. The van der Waals surface area contributed by atoms with Crippen molar-refractivity contribution in [3.8, 4) is 5.69 Å². The Hall–Kier alpha value is -3.04. The van der Waals surface area contributed by atoms with Crippen LogP contribution < -0.4 is 10.0 Å². The molecule has 1 heterocycles. The third-order valence-electron chi connectivity index (χ3n) is 5.03. The van der Waals surface area contributed by atoms with Gasteiger partial charge in [-0.3, -0.25) is 4.79 Å². The molecular formula is C24H29FN4O3S. The van der Waals surface area contributed by atoms with E-state index in [1.165, 1.54) is 18.2 Å². The number of nitrogens with one attached hydrogen (secondary N) is 2. The van der Waals surface area contributed by atoms with E-state index < -0.39 is 15.6 Å². The van der Waals surface area contributed by atoms with E-state index in [4.69, 9.17) is 0 Å². The number of carbonyl (C=O) groups is 1. The first kappa shape index (κ1) is 24.6. The van der Waals surface area contributed by atoms with Gasteiger partial charge < -0.3 is 5.32 Å². The van der Waals surface area contributed by atoms with Crippen LogP contribution in [0.2, 0.25) is 0 Å². The lowest BCUT2D eigenvalue weighted by Gasteiger charge is -2.21. The van der Waals surface area contributed by atoms with E-state index in [1.54, 1.807) is 55.8 Å². The molecule has 0 aliphatic heterocycles. The summed E-state index contributed by atoms with van der Waals surface area (Å²) in [4.78, 5) is 12.8. The van der Waals surface area contributed by atoms with Gasteiger partial charge in [0, 0.05) is 23.3 Å². The van der Waals surface area contributed by atoms with Gasteiger partial charge in [-0.1, -0.05) is 18.2 Å². The molecule has 0 aliphatic carbocycles. The molecule has 176 valence electrons. The van der Waals surface area contributed by atoms with E-state index in [-0.39, 0.29) is 29.6 Å². The van der Waals surface area contributed by atoms with Crippen LogP contribution >= 0.6 is 0 Å². The number of carbonyl (C=O) groups excluding carboxylic acids is 1. The van der Waals surface area contributed by atoms with Gasteiger partial charge in [0.1, 0.15) is 5.82 Å². The molecule has 1 amide bonds. The average molecular weight is 473 g/mol. The van der Waals surface area contributed by atoms with Crippen LogP contribution in [0, 0.1) is 19.7 Å². The summed E-state index contributed by atoms with van der Waals surface area (Å²) in [5.41, 5.74) is 2.82. The van der Waals surface area contributed by atoms with Gasteiger partial charge in [-0.15, -0.1) is 0 Å². The largest absolute Gasteiger partial charge is 0.352 e. The van der Waals surface area contributed by atoms with Crippen molar-refractivity contribution < 1.29 is 17.6 Å². The van der Waals surface area contributed by atoms with E-state index in [1.807, 2.05) is 13.8 Å². The van der Waals surface area contributed by atoms with Crippen molar-refractivity contribution in [1.82, 2.24) is 19.8 Å². The van der Waals surface area contributed by atoms with Crippen molar-refractivity contribution in [2.75, 3.05) is 0 Å². The van der Waals surface area contributed by atoms with Crippen LogP contribution in [0.15, 0.2) is 53.4 Å². The number of hydrogen-bond acceptors (Lipinski definition) is 4. The molecule has 0 unspecified atom stereocenters. The zero-order valence-electron chi connectivity index (χ0n) is 19.4. The number of rotatable bonds is 7. The van der Waals surface area contributed by atoms with Crippen molar-refractivity contribution in [2.45, 2.75) is 58.0 Å². The lowest BCUT2D eigenvalue weighted by Crippen LogP contribution is -2.41. The normalized spacial score (nSPS) is 12.1. The molecule has 0 saturated carbocycles. The molecule has 0 radical (unpaired) electrons. The fourth-order valence-electron chi connectivity index (χ4n) is 3.55. The molecule has 0 aliphatic rings. The number of halogens is 1. The molecule has 33 heavy (non-hydrogen) atoms. The summed E-state index contributed by atoms with van der Waals surface area (Å²) < 4.78 is 43.2. The van der Waals surface area contributed by atoms with Gasteiger partial charge in [0.05, 0.1) is 22.7 Å². The highest BCUT2D eigenvalue weighted by Crippen LogP contribution is 2.20. The lowest BCUT2D eigenvalue weighted by molar-refractivity contribution is -0.120. The Bertz CT molecular complexity index is 1260. The number of amides is 1. The van der Waals surface area contributed by atoms with E-state index in [2.05, 4.69) is 15.1 Å². The minimum atomic E-state index is -3.74. The number of aromatic nitrogens is 2. The second kappa shape index (κ2) is 9.44. The fraction of sp³-hybridized carbons (Fsp3) is 0.333. The summed E-state index contributed by atoms with van der Waals surface area (Å²) in [5, 5.41) is 7.30.